The van der Waals surface area contributed by atoms with Crippen molar-refractivity contribution in [2.75, 3.05) is 5.32 Å². The van der Waals surface area contributed by atoms with Crippen LogP contribution in [0.3, 0.4) is 0 Å². The van der Waals surface area contributed by atoms with Gasteiger partial charge in [-0.2, -0.15) is 0 Å². The molecule has 5 heteroatoms. The van der Waals surface area contributed by atoms with Crippen LogP contribution in [0.15, 0.2) is 12.3 Å². The van der Waals surface area contributed by atoms with Gasteiger partial charge >= 0.3 is 0 Å². The first kappa shape index (κ1) is 16.0. The van der Waals surface area contributed by atoms with E-state index in [4.69, 9.17) is 0 Å². The van der Waals surface area contributed by atoms with Crippen LogP contribution < -0.4 is 5.32 Å². The lowest BCUT2D eigenvalue weighted by atomic mass is 9.95. The van der Waals surface area contributed by atoms with Crippen molar-refractivity contribution >= 4 is 23.5 Å². The van der Waals surface area contributed by atoms with E-state index in [2.05, 4.69) is 27.4 Å². The van der Waals surface area contributed by atoms with E-state index in [1.165, 1.54) is 0 Å². The van der Waals surface area contributed by atoms with Gasteiger partial charge in [-0.3, -0.25) is 14.6 Å². The van der Waals surface area contributed by atoms with E-state index < -0.39 is 0 Å². The van der Waals surface area contributed by atoms with Gasteiger partial charge in [0.1, 0.15) is 0 Å². The molecule has 5 nitrogen and oxygen atoms in total. The van der Waals surface area contributed by atoms with Crippen LogP contribution in [0.4, 0.5) is 5.69 Å². The highest BCUT2D eigenvalue weighted by atomic mass is 16.2. The lowest BCUT2D eigenvalue weighted by Crippen LogP contribution is -2.50. The van der Waals surface area contributed by atoms with E-state index in [9.17, 15) is 9.59 Å². The molecule has 2 aliphatic heterocycles. The summed E-state index contributed by atoms with van der Waals surface area (Å²) >= 11 is 0. The van der Waals surface area contributed by atoms with Crippen molar-refractivity contribution in [1.82, 2.24) is 9.88 Å². The van der Waals surface area contributed by atoms with Gasteiger partial charge in [-0.05, 0) is 45.4 Å². The second-order valence-electron chi connectivity index (χ2n) is 8.29. The summed E-state index contributed by atoms with van der Waals surface area (Å²) in [5.74, 6) is 0.751. The minimum absolute atomic E-state index is 0.0485. The van der Waals surface area contributed by atoms with Gasteiger partial charge in [-0.1, -0.05) is 12.2 Å². The standard InChI is InChI=1S/C21H25N3O2/c1-12(25)18-11-22-19-4-2-3-17(19)20(18)23-14-9-15-7-8-16(10-14)24(15)21(26)13-5-6-13/h2-3,11,13-16H,4-10H2,1H3,(H,22,23)/t14?,15-,16+. The van der Waals surface area contributed by atoms with Crippen molar-refractivity contribution in [3.63, 3.8) is 0 Å². The minimum atomic E-state index is 0.0485. The molecule has 2 bridgehead atoms. The summed E-state index contributed by atoms with van der Waals surface area (Å²) in [5, 5.41) is 3.69. The van der Waals surface area contributed by atoms with Crippen LogP contribution in [-0.2, 0) is 11.2 Å². The molecule has 0 radical (unpaired) electrons. The Kier molecular flexibility index (Phi) is 3.66. The molecule has 2 aliphatic carbocycles. The maximum Gasteiger partial charge on any atom is 0.226 e. The van der Waals surface area contributed by atoms with E-state index >= 15 is 0 Å². The first-order valence-electron chi connectivity index (χ1n) is 9.90. The topological polar surface area (TPSA) is 62.3 Å². The number of amides is 1. The number of fused-ring (bicyclic) bond motifs is 3. The second kappa shape index (κ2) is 5.93. The fourth-order valence-electron chi connectivity index (χ4n) is 5.02. The van der Waals surface area contributed by atoms with Gasteiger partial charge in [0.2, 0.25) is 5.91 Å². The van der Waals surface area contributed by atoms with Crippen molar-refractivity contribution in [2.24, 2.45) is 5.92 Å². The summed E-state index contributed by atoms with van der Waals surface area (Å²) < 4.78 is 0. The third-order valence-corrected chi connectivity index (χ3v) is 6.44. The number of nitrogens with one attached hydrogen (secondary N) is 1. The van der Waals surface area contributed by atoms with E-state index in [-0.39, 0.29) is 5.78 Å². The number of carbonyl (C=O) groups is 2. The highest BCUT2D eigenvalue weighted by Crippen LogP contribution is 2.42. The Morgan fingerprint density at radius 2 is 1.88 bits per heavy atom. The van der Waals surface area contributed by atoms with Crippen LogP contribution in [0.1, 0.15) is 67.1 Å². The molecule has 0 aromatic carbocycles. The van der Waals surface area contributed by atoms with Crippen LogP contribution in [0.2, 0.25) is 0 Å². The average Bonchev–Trinajstić information content (AvgIpc) is 3.29. The molecular formula is C21H25N3O2. The predicted molar refractivity (Wildman–Crippen MR) is 100 cm³/mol. The average molecular weight is 351 g/mol. The molecule has 3 atom stereocenters. The number of Topliss-reactive ketones (excluding diaryl/α,β-unsaturated/α-hetero) is 1. The number of hydrogen-bond acceptors (Lipinski definition) is 4. The molecule has 3 fully saturated rings. The summed E-state index contributed by atoms with van der Waals surface area (Å²) in [5.41, 5.74) is 3.74. The number of piperidine rings is 1. The van der Waals surface area contributed by atoms with Crippen molar-refractivity contribution in [3.8, 4) is 0 Å². The first-order chi connectivity index (χ1) is 12.6. The Morgan fingerprint density at radius 3 is 2.54 bits per heavy atom. The summed E-state index contributed by atoms with van der Waals surface area (Å²) in [4.78, 5) is 31.4. The highest BCUT2D eigenvalue weighted by molar-refractivity contribution is 6.01. The highest BCUT2D eigenvalue weighted by Gasteiger charge is 2.47. The quantitative estimate of drug-likeness (QED) is 0.846. The molecule has 136 valence electrons. The molecule has 3 heterocycles. The Morgan fingerprint density at radius 1 is 1.15 bits per heavy atom. The number of anilines is 1. The molecule has 1 aromatic rings. The molecule has 4 aliphatic rings. The molecule has 1 aromatic heterocycles. The number of aromatic nitrogens is 1. The van der Waals surface area contributed by atoms with Crippen molar-refractivity contribution in [2.45, 2.75) is 70.0 Å². The third kappa shape index (κ3) is 2.56. The molecule has 1 amide bonds. The van der Waals surface area contributed by atoms with E-state index in [1.807, 2.05) is 0 Å². The largest absolute Gasteiger partial charge is 0.381 e. The zero-order valence-corrected chi connectivity index (χ0v) is 15.2. The fourth-order valence-corrected chi connectivity index (χ4v) is 5.02. The normalized spacial score (nSPS) is 29.0. The van der Waals surface area contributed by atoms with Gasteiger partial charge in [0.05, 0.1) is 16.9 Å². The summed E-state index contributed by atoms with van der Waals surface area (Å²) in [7, 11) is 0. The number of rotatable bonds is 4. The zero-order valence-electron chi connectivity index (χ0n) is 15.2. The van der Waals surface area contributed by atoms with Gasteiger partial charge in [-0.25, -0.2) is 0 Å². The second-order valence-corrected chi connectivity index (χ2v) is 8.29. The summed E-state index contributed by atoms with van der Waals surface area (Å²) in [6, 6.07) is 1.05. The zero-order chi connectivity index (χ0) is 17.8. The molecule has 0 spiro atoms. The Balaban J connectivity index is 1.39. The summed E-state index contributed by atoms with van der Waals surface area (Å²) in [6.07, 6.45) is 13.1. The van der Waals surface area contributed by atoms with Crippen LogP contribution in [-0.4, -0.2) is 39.7 Å². The first-order valence-corrected chi connectivity index (χ1v) is 9.90. The molecule has 1 N–H and O–H groups in total. The monoisotopic (exact) mass is 351 g/mol. The lowest BCUT2D eigenvalue weighted by molar-refractivity contribution is -0.137. The maximum atomic E-state index is 12.6. The molecular weight excluding hydrogens is 326 g/mol. The number of allylic oxidation sites excluding steroid dienone is 1. The lowest BCUT2D eigenvalue weighted by Gasteiger charge is -2.40. The summed E-state index contributed by atoms with van der Waals surface area (Å²) in [6.45, 7) is 1.61. The minimum Gasteiger partial charge on any atom is -0.381 e. The number of carbonyl (C=O) groups excluding carboxylic acids is 2. The Labute approximate surface area is 153 Å². The van der Waals surface area contributed by atoms with Gasteiger partial charge in [0, 0.05) is 42.2 Å². The van der Waals surface area contributed by atoms with Crippen molar-refractivity contribution in [3.05, 3.63) is 29.1 Å². The predicted octanol–water partition coefficient (Wildman–Crippen LogP) is 3.20. The number of nitrogens with zero attached hydrogens (tertiary/aromatic N) is 2. The molecule has 1 unspecified atom stereocenters. The van der Waals surface area contributed by atoms with Gasteiger partial charge in [-0.15, -0.1) is 0 Å². The Hall–Kier alpha value is -2.17. The number of hydrogen-bond donors (Lipinski definition) is 1. The Bertz CT molecular complexity index is 798. The van der Waals surface area contributed by atoms with Crippen molar-refractivity contribution in [1.29, 1.82) is 0 Å². The van der Waals surface area contributed by atoms with E-state index in [0.717, 1.165) is 61.9 Å². The van der Waals surface area contributed by atoms with Gasteiger partial charge < -0.3 is 10.2 Å². The molecule has 1 saturated carbocycles. The van der Waals surface area contributed by atoms with E-state index in [1.54, 1.807) is 13.1 Å². The molecule has 26 heavy (non-hydrogen) atoms. The number of pyridine rings is 1. The molecule has 2 saturated heterocycles. The van der Waals surface area contributed by atoms with Crippen LogP contribution >= 0.6 is 0 Å². The maximum absolute atomic E-state index is 12.6. The van der Waals surface area contributed by atoms with E-state index in [0.29, 0.717) is 35.5 Å². The van der Waals surface area contributed by atoms with Crippen LogP contribution in [0.5, 0.6) is 0 Å². The smallest absolute Gasteiger partial charge is 0.226 e. The fraction of sp³-hybridized carbons (Fsp3) is 0.571. The van der Waals surface area contributed by atoms with Gasteiger partial charge in [0.25, 0.3) is 0 Å². The molecule has 5 rings (SSSR count). The number of ketones is 1. The van der Waals surface area contributed by atoms with Gasteiger partial charge in [0.15, 0.2) is 5.78 Å². The van der Waals surface area contributed by atoms with Crippen LogP contribution in [0.25, 0.3) is 6.08 Å². The van der Waals surface area contributed by atoms with Crippen LogP contribution in [0, 0.1) is 5.92 Å². The third-order valence-electron chi connectivity index (χ3n) is 6.44. The SMILES string of the molecule is CC(=O)c1cnc2c(c1NC1C[C@H]3CC[C@@H](C1)N3C(=O)C1CC1)C=CC2. The van der Waals surface area contributed by atoms with Crippen molar-refractivity contribution < 1.29 is 9.59 Å².